The number of aliphatic hydroxyl groups is 1. The Morgan fingerprint density at radius 3 is 2.79 bits per heavy atom. The van der Waals surface area contributed by atoms with Crippen molar-refractivity contribution in [3.63, 3.8) is 0 Å². The molecule has 0 saturated heterocycles. The molecule has 0 aromatic heterocycles. The molecule has 0 bridgehead atoms. The van der Waals surface area contributed by atoms with Gasteiger partial charge in [0.25, 0.3) is 11.6 Å². The van der Waals surface area contributed by atoms with Crippen molar-refractivity contribution < 1.29 is 14.8 Å². The second kappa shape index (κ2) is 5.66. The number of halogens is 1. The van der Waals surface area contributed by atoms with E-state index in [1.54, 1.807) is 0 Å². The Hall–Kier alpha value is -1.47. The summed E-state index contributed by atoms with van der Waals surface area (Å²) in [4.78, 5) is 22.1. The van der Waals surface area contributed by atoms with Crippen LogP contribution in [0.15, 0.2) is 22.7 Å². The van der Waals surface area contributed by atoms with E-state index in [-0.39, 0.29) is 29.2 Å². The van der Waals surface area contributed by atoms with E-state index in [9.17, 15) is 14.9 Å². The molecule has 0 unspecified atom stereocenters. The fourth-order valence-electron chi connectivity index (χ4n) is 2.00. The van der Waals surface area contributed by atoms with Gasteiger partial charge in [-0.2, -0.15) is 0 Å². The van der Waals surface area contributed by atoms with Crippen molar-refractivity contribution in [3.8, 4) is 0 Å². The molecule has 1 amide bonds. The number of non-ortho nitro benzene ring substituents is 1. The van der Waals surface area contributed by atoms with Gasteiger partial charge in [0.15, 0.2) is 0 Å². The Kier molecular flexibility index (Phi) is 4.16. The highest BCUT2D eigenvalue weighted by Gasteiger charge is 2.27. The molecule has 1 aliphatic rings. The van der Waals surface area contributed by atoms with Gasteiger partial charge in [0, 0.05) is 23.2 Å². The van der Waals surface area contributed by atoms with E-state index in [4.69, 9.17) is 5.11 Å². The van der Waals surface area contributed by atoms with Gasteiger partial charge in [0.1, 0.15) is 0 Å². The minimum atomic E-state index is -0.536. The Labute approximate surface area is 118 Å². The highest BCUT2D eigenvalue weighted by Crippen LogP contribution is 2.27. The predicted molar refractivity (Wildman–Crippen MR) is 71.9 cm³/mol. The molecule has 0 radical (unpaired) electrons. The Bertz CT molecular complexity index is 514. The minimum Gasteiger partial charge on any atom is -0.393 e. The van der Waals surface area contributed by atoms with Crippen LogP contribution in [-0.4, -0.2) is 28.6 Å². The summed E-state index contributed by atoms with van der Waals surface area (Å²) in [5, 5.41) is 22.5. The van der Waals surface area contributed by atoms with Crippen LogP contribution in [0.5, 0.6) is 0 Å². The van der Waals surface area contributed by atoms with Crippen molar-refractivity contribution in [2.75, 3.05) is 6.54 Å². The topological polar surface area (TPSA) is 92.5 Å². The zero-order chi connectivity index (χ0) is 14.0. The first-order chi connectivity index (χ1) is 8.97. The number of nitrogens with zero attached hydrogens (tertiary/aromatic N) is 1. The normalized spacial score (nSPS) is 21.6. The lowest BCUT2D eigenvalue weighted by atomic mass is 9.82. The third kappa shape index (κ3) is 3.30. The zero-order valence-electron chi connectivity index (χ0n) is 10.0. The summed E-state index contributed by atoms with van der Waals surface area (Å²) >= 11 is 3.20. The first kappa shape index (κ1) is 14.0. The van der Waals surface area contributed by atoms with Crippen LogP contribution >= 0.6 is 15.9 Å². The van der Waals surface area contributed by atoms with Gasteiger partial charge < -0.3 is 10.4 Å². The van der Waals surface area contributed by atoms with Gasteiger partial charge in [-0.1, -0.05) is 0 Å². The number of hydrogen-bond donors (Lipinski definition) is 2. The zero-order valence-corrected chi connectivity index (χ0v) is 11.6. The molecule has 1 saturated carbocycles. The van der Waals surface area contributed by atoms with E-state index < -0.39 is 4.92 Å². The van der Waals surface area contributed by atoms with Gasteiger partial charge in [0.2, 0.25) is 0 Å². The maximum absolute atomic E-state index is 11.9. The van der Waals surface area contributed by atoms with Crippen LogP contribution < -0.4 is 5.32 Å². The number of carbonyl (C=O) groups excluding carboxylic acids is 1. The number of nitro benzene ring substituents is 1. The lowest BCUT2D eigenvalue weighted by Gasteiger charge is -2.31. The average Bonchev–Trinajstić information content (AvgIpc) is 2.33. The molecule has 1 aromatic rings. The van der Waals surface area contributed by atoms with Crippen molar-refractivity contribution in [2.45, 2.75) is 18.9 Å². The quantitative estimate of drug-likeness (QED) is 0.651. The molecule has 0 aliphatic heterocycles. The van der Waals surface area contributed by atoms with Crippen LogP contribution in [-0.2, 0) is 0 Å². The van der Waals surface area contributed by atoms with Gasteiger partial charge in [-0.05, 0) is 40.8 Å². The molecule has 0 spiro atoms. The molecule has 19 heavy (non-hydrogen) atoms. The van der Waals surface area contributed by atoms with Crippen molar-refractivity contribution in [1.29, 1.82) is 0 Å². The number of rotatable bonds is 4. The number of benzene rings is 1. The molecule has 1 aliphatic carbocycles. The highest BCUT2D eigenvalue weighted by atomic mass is 79.9. The third-order valence-corrected chi connectivity index (χ3v) is 3.86. The molecule has 0 atom stereocenters. The Balaban J connectivity index is 2.01. The number of aliphatic hydroxyl groups excluding tert-OH is 1. The number of amides is 1. The van der Waals surface area contributed by atoms with Gasteiger partial charge in [0.05, 0.1) is 16.6 Å². The summed E-state index contributed by atoms with van der Waals surface area (Å²) in [6, 6.07) is 4.07. The van der Waals surface area contributed by atoms with E-state index in [0.29, 0.717) is 23.9 Å². The monoisotopic (exact) mass is 328 g/mol. The number of hydrogen-bond acceptors (Lipinski definition) is 4. The summed E-state index contributed by atoms with van der Waals surface area (Å²) in [7, 11) is 0. The predicted octanol–water partition coefficient (Wildman–Crippen LogP) is 1.86. The van der Waals surface area contributed by atoms with Gasteiger partial charge in [-0.25, -0.2) is 0 Å². The summed E-state index contributed by atoms with van der Waals surface area (Å²) in [5.41, 5.74) is 0.126. The summed E-state index contributed by atoms with van der Waals surface area (Å²) < 4.78 is 0.518. The van der Waals surface area contributed by atoms with Crippen LogP contribution in [0.25, 0.3) is 0 Å². The largest absolute Gasteiger partial charge is 0.393 e. The molecular weight excluding hydrogens is 316 g/mol. The third-order valence-electron chi connectivity index (χ3n) is 3.17. The first-order valence-electron chi connectivity index (χ1n) is 5.87. The maximum Gasteiger partial charge on any atom is 0.270 e. The lowest BCUT2D eigenvalue weighted by molar-refractivity contribution is -0.384. The smallest absolute Gasteiger partial charge is 0.270 e. The molecule has 6 nitrogen and oxygen atoms in total. The summed E-state index contributed by atoms with van der Waals surface area (Å²) in [6.07, 6.45) is 1.12. The van der Waals surface area contributed by atoms with Crippen molar-refractivity contribution in [1.82, 2.24) is 5.32 Å². The maximum atomic E-state index is 11.9. The molecule has 7 heteroatoms. The molecule has 0 heterocycles. The summed E-state index contributed by atoms with van der Waals surface area (Å²) in [6.45, 7) is 0.477. The Morgan fingerprint density at radius 2 is 2.21 bits per heavy atom. The van der Waals surface area contributed by atoms with Gasteiger partial charge >= 0.3 is 0 Å². The van der Waals surface area contributed by atoms with Crippen molar-refractivity contribution in [2.24, 2.45) is 5.92 Å². The molecule has 1 aromatic carbocycles. The highest BCUT2D eigenvalue weighted by molar-refractivity contribution is 9.10. The Morgan fingerprint density at radius 1 is 1.53 bits per heavy atom. The van der Waals surface area contributed by atoms with E-state index >= 15 is 0 Å². The first-order valence-corrected chi connectivity index (χ1v) is 6.67. The van der Waals surface area contributed by atoms with Crippen LogP contribution in [0, 0.1) is 16.0 Å². The van der Waals surface area contributed by atoms with Crippen molar-refractivity contribution in [3.05, 3.63) is 38.3 Å². The van der Waals surface area contributed by atoms with Gasteiger partial charge in [-0.15, -0.1) is 0 Å². The van der Waals surface area contributed by atoms with E-state index in [2.05, 4.69) is 21.2 Å². The van der Waals surface area contributed by atoms with Crippen LogP contribution in [0.2, 0.25) is 0 Å². The second-order valence-corrected chi connectivity index (χ2v) is 5.48. The SMILES string of the molecule is O=C(NCC1CC(O)C1)c1cc([N+](=O)[O-])ccc1Br. The van der Waals surface area contributed by atoms with Crippen LogP contribution in [0.4, 0.5) is 5.69 Å². The molecule has 1 fully saturated rings. The van der Waals surface area contributed by atoms with E-state index in [1.807, 2.05) is 0 Å². The fourth-order valence-corrected chi connectivity index (χ4v) is 2.43. The van der Waals surface area contributed by atoms with Crippen LogP contribution in [0.1, 0.15) is 23.2 Å². The standard InChI is InChI=1S/C12H13BrN2O4/c13-11-2-1-8(15(18)19)5-10(11)12(17)14-6-7-3-9(16)4-7/h1-2,5,7,9,16H,3-4,6H2,(H,14,17). The van der Waals surface area contributed by atoms with E-state index in [1.165, 1.54) is 18.2 Å². The number of nitrogens with one attached hydrogen (secondary N) is 1. The van der Waals surface area contributed by atoms with Crippen LogP contribution in [0.3, 0.4) is 0 Å². The van der Waals surface area contributed by atoms with Gasteiger partial charge in [-0.3, -0.25) is 14.9 Å². The lowest BCUT2D eigenvalue weighted by Crippen LogP contribution is -2.38. The summed E-state index contributed by atoms with van der Waals surface area (Å²) in [5.74, 6) is -0.0617. The second-order valence-electron chi connectivity index (χ2n) is 4.62. The van der Waals surface area contributed by atoms with Crippen molar-refractivity contribution >= 4 is 27.5 Å². The number of nitro groups is 1. The average molecular weight is 329 g/mol. The van der Waals surface area contributed by atoms with E-state index in [0.717, 1.165) is 0 Å². The molecule has 102 valence electrons. The molecule has 2 rings (SSSR count). The fraction of sp³-hybridized carbons (Fsp3) is 0.417. The minimum absolute atomic E-state index is 0.118. The molecular formula is C12H13BrN2O4. The number of carbonyl (C=O) groups is 1. The molecule has 2 N–H and O–H groups in total.